The average Bonchev–Trinajstić information content (AvgIpc) is 2.54. The van der Waals surface area contributed by atoms with Crippen molar-refractivity contribution in [3.05, 3.63) is 0 Å². The van der Waals surface area contributed by atoms with Crippen molar-refractivity contribution in [1.82, 2.24) is 0 Å². The van der Waals surface area contributed by atoms with Crippen LogP contribution >= 0.6 is 0 Å². The van der Waals surface area contributed by atoms with Crippen molar-refractivity contribution in [2.24, 2.45) is 0 Å². The van der Waals surface area contributed by atoms with Crippen LogP contribution in [-0.2, 0) is 9.47 Å². The van der Waals surface area contributed by atoms with E-state index in [0.29, 0.717) is 20.4 Å². The molecule has 0 unspecified atom stereocenters. The van der Waals surface area contributed by atoms with Crippen LogP contribution in [0.25, 0.3) is 0 Å². The maximum atomic E-state index is 11.8. The lowest BCUT2D eigenvalue weighted by Crippen LogP contribution is -2.27. The Morgan fingerprint density at radius 3 is 1.47 bits per heavy atom. The molecule has 0 saturated carbocycles. The molecule has 0 N–H and O–H groups in total. The molecular weight excluding hydrogens is 230 g/mol. The third kappa shape index (κ3) is 13.5. The minimum atomic E-state index is -5.50. The van der Waals surface area contributed by atoms with Crippen molar-refractivity contribution in [3.63, 3.8) is 0 Å². The van der Waals surface area contributed by atoms with Crippen LogP contribution in [0.3, 0.4) is 0 Å². The summed E-state index contributed by atoms with van der Waals surface area (Å²) in [5.74, 6) is -0.931. The fourth-order valence-corrected chi connectivity index (χ4v) is 0.634. The van der Waals surface area contributed by atoms with E-state index in [0.717, 1.165) is 0 Å². The first-order valence-electron chi connectivity index (χ1n) is 3.74. The fraction of sp³-hybridized carbons (Fsp3) is 1.00. The Morgan fingerprint density at radius 2 is 1.33 bits per heavy atom. The standard InChI is InChI=1S/C5H9FO2.CF4.CH3F/c1-5(4-6)7-2-3-8-5;2-1(3,4)5;1-2/h2-4H2,1H3;;1H3. The van der Waals surface area contributed by atoms with Gasteiger partial charge in [-0.1, -0.05) is 0 Å². The van der Waals surface area contributed by atoms with E-state index in [1.54, 1.807) is 6.92 Å². The zero-order chi connectivity index (χ0) is 12.5. The summed E-state index contributed by atoms with van der Waals surface area (Å²) in [5.41, 5.74) is 0. The molecule has 0 aromatic heterocycles. The van der Waals surface area contributed by atoms with Gasteiger partial charge in [0.1, 0.15) is 6.67 Å². The van der Waals surface area contributed by atoms with Gasteiger partial charge in [-0.15, -0.1) is 17.6 Å². The van der Waals surface area contributed by atoms with E-state index in [1.165, 1.54) is 0 Å². The van der Waals surface area contributed by atoms with Crippen LogP contribution in [0, 0.1) is 0 Å². The lowest BCUT2D eigenvalue weighted by atomic mass is 10.4. The summed E-state index contributed by atoms with van der Waals surface area (Å²) in [6.45, 7) is 2.06. The minimum absolute atomic E-state index is 0.500. The third-order valence-electron chi connectivity index (χ3n) is 1.14. The Kier molecular flexibility index (Phi) is 8.74. The van der Waals surface area contributed by atoms with Crippen molar-refractivity contribution in [2.75, 3.05) is 27.1 Å². The van der Waals surface area contributed by atoms with Gasteiger partial charge in [0, 0.05) is 0 Å². The van der Waals surface area contributed by atoms with Crippen LogP contribution in [0.15, 0.2) is 0 Å². The first-order chi connectivity index (χ1) is 6.77. The third-order valence-corrected chi connectivity index (χ3v) is 1.14. The first kappa shape index (κ1) is 16.9. The van der Waals surface area contributed by atoms with Gasteiger partial charge in [0.25, 0.3) is 0 Å². The van der Waals surface area contributed by atoms with Crippen LogP contribution in [0.4, 0.5) is 26.3 Å². The van der Waals surface area contributed by atoms with E-state index in [4.69, 9.17) is 9.47 Å². The Hall–Kier alpha value is -0.500. The summed E-state index contributed by atoms with van der Waals surface area (Å²) in [6, 6.07) is 0. The second kappa shape index (κ2) is 7.75. The SMILES string of the molecule is CC1(CF)OCCO1.CF.FC(F)(F)F. The summed E-state index contributed by atoms with van der Waals surface area (Å²) >= 11 is 0. The largest absolute Gasteiger partial charge is 0.559 e. The predicted octanol–water partition coefficient (Wildman–Crippen LogP) is 2.78. The maximum absolute atomic E-state index is 11.8. The fourth-order valence-electron chi connectivity index (χ4n) is 0.634. The van der Waals surface area contributed by atoms with Crippen LogP contribution < -0.4 is 0 Å². The summed E-state index contributed by atoms with van der Waals surface area (Å²) < 4.78 is 69.9. The molecule has 0 spiro atoms. The minimum Gasteiger partial charge on any atom is -0.345 e. The summed E-state index contributed by atoms with van der Waals surface area (Å²) in [7, 11) is 0.500. The van der Waals surface area contributed by atoms with Gasteiger partial charge in [-0.2, -0.15) is 0 Å². The maximum Gasteiger partial charge on any atom is 0.559 e. The highest BCUT2D eigenvalue weighted by molar-refractivity contribution is 4.65. The molecule has 0 aliphatic carbocycles. The highest BCUT2D eigenvalue weighted by Gasteiger charge is 2.30. The Balaban J connectivity index is 0. The molecule has 0 radical (unpaired) electrons. The van der Waals surface area contributed by atoms with Gasteiger partial charge in [-0.05, 0) is 6.92 Å². The van der Waals surface area contributed by atoms with E-state index in [9.17, 15) is 26.3 Å². The number of rotatable bonds is 1. The van der Waals surface area contributed by atoms with Crippen molar-refractivity contribution in [3.8, 4) is 0 Å². The molecule has 1 heterocycles. The van der Waals surface area contributed by atoms with Gasteiger partial charge >= 0.3 is 6.43 Å². The molecule has 1 rings (SSSR count). The van der Waals surface area contributed by atoms with E-state index in [1.807, 2.05) is 0 Å². The normalized spacial score (nSPS) is 18.4. The lowest BCUT2D eigenvalue weighted by Gasteiger charge is -2.16. The van der Waals surface area contributed by atoms with Crippen molar-refractivity contribution >= 4 is 0 Å². The first-order valence-corrected chi connectivity index (χ1v) is 3.74. The molecule has 1 aliphatic rings. The smallest absolute Gasteiger partial charge is 0.345 e. The molecule has 1 saturated heterocycles. The van der Waals surface area contributed by atoms with Gasteiger partial charge in [0.05, 0.1) is 20.4 Å². The summed E-state index contributed by atoms with van der Waals surface area (Å²) in [5, 5.41) is 0. The Labute approximate surface area is 83.2 Å². The number of halogens is 6. The Morgan fingerprint density at radius 1 is 1.07 bits per heavy atom. The predicted molar refractivity (Wildman–Crippen MR) is 40.5 cm³/mol. The quantitative estimate of drug-likeness (QED) is 0.658. The van der Waals surface area contributed by atoms with E-state index >= 15 is 0 Å². The molecule has 0 bridgehead atoms. The van der Waals surface area contributed by atoms with Gasteiger partial charge < -0.3 is 9.47 Å². The molecule has 0 atom stereocenters. The number of hydrogen-bond acceptors (Lipinski definition) is 2. The number of ether oxygens (including phenoxy) is 2. The van der Waals surface area contributed by atoms with Gasteiger partial charge in [-0.3, -0.25) is 4.39 Å². The van der Waals surface area contributed by atoms with Crippen molar-refractivity contribution in [1.29, 1.82) is 0 Å². The van der Waals surface area contributed by atoms with E-state index in [-0.39, 0.29) is 0 Å². The average molecular weight is 242 g/mol. The van der Waals surface area contributed by atoms with Gasteiger partial charge in [-0.25, -0.2) is 4.39 Å². The molecule has 15 heavy (non-hydrogen) atoms. The van der Waals surface area contributed by atoms with Crippen LogP contribution in [0.5, 0.6) is 0 Å². The van der Waals surface area contributed by atoms with Gasteiger partial charge in [0.15, 0.2) is 5.79 Å². The van der Waals surface area contributed by atoms with Crippen molar-refractivity contribution in [2.45, 2.75) is 19.1 Å². The monoisotopic (exact) mass is 242 g/mol. The second-order valence-electron chi connectivity index (χ2n) is 2.39. The molecule has 0 aromatic carbocycles. The highest BCUT2D eigenvalue weighted by atomic mass is 19.5. The topological polar surface area (TPSA) is 18.5 Å². The molecule has 0 amide bonds. The zero-order valence-corrected chi connectivity index (χ0v) is 8.21. The molecule has 94 valence electrons. The number of alkyl halides is 6. The molecule has 0 aromatic rings. The van der Waals surface area contributed by atoms with Crippen LogP contribution in [0.1, 0.15) is 6.92 Å². The molecule has 8 heteroatoms. The molecule has 2 nitrogen and oxygen atoms in total. The highest BCUT2D eigenvalue weighted by Crippen LogP contribution is 2.17. The lowest BCUT2D eigenvalue weighted by molar-refractivity contribution is -0.237. The van der Waals surface area contributed by atoms with Gasteiger partial charge in [0.2, 0.25) is 0 Å². The second-order valence-corrected chi connectivity index (χ2v) is 2.39. The number of hydrogen-bond donors (Lipinski definition) is 0. The zero-order valence-electron chi connectivity index (χ0n) is 8.21. The van der Waals surface area contributed by atoms with Crippen LogP contribution in [-0.4, -0.2) is 39.3 Å². The Bertz CT molecular complexity index is 137. The summed E-state index contributed by atoms with van der Waals surface area (Å²) in [4.78, 5) is 0. The van der Waals surface area contributed by atoms with E-state index in [2.05, 4.69) is 0 Å². The summed E-state index contributed by atoms with van der Waals surface area (Å²) in [6.07, 6.45) is -5.50. The van der Waals surface area contributed by atoms with Crippen LogP contribution in [0.2, 0.25) is 0 Å². The van der Waals surface area contributed by atoms with Crippen molar-refractivity contribution < 1.29 is 35.8 Å². The molecule has 1 fully saturated rings. The molecule has 1 aliphatic heterocycles. The van der Waals surface area contributed by atoms with E-state index < -0.39 is 18.9 Å². The molecular formula is C7H12F6O2.